The van der Waals surface area contributed by atoms with Gasteiger partial charge in [-0.15, -0.1) is 0 Å². The van der Waals surface area contributed by atoms with E-state index in [0.717, 1.165) is 25.2 Å². The highest BCUT2D eigenvalue weighted by atomic mass is 16.6. The van der Waals surface area contributed by atoms with Crippen molar-refractivity contribution >= 4 is 5.97 Å². The molecule has 1 saturated heterocycles. The van der Waals surface area contributed by atoms with Crippen molar-refractivity contribution in [1.82, 2.24) is 0 Å². The van der Waals surface area contributed by atoms with Crippen LogP contribution in [0.4, 0.5) is 0 Å². The van der Waals surface area contributed by atoms with Gasteiger partial charge in [-0.1, -0.05) is 26.7 Å². The second-order valence-electron chi connectivity index (χ2n) is 4.48. The predicted octanol–water partition coefficient (Wildman–Crippen LogP) is 1.88. The molecule has 0 saturated carbocycles. The lowest BCUT2D eigenvalue weighted by Crippen LogP contribution is -2.20. The third kappa shape index (κ3) is 3.66. The molecule has 0 bridgehead atoms. The smallest absolute Gasteiger partial charge is 0.308 e. The third-order valence-electron chi connectivity index (χ3n) is 2.61. The summed E-state index contributed by atoms with van der Waals surface area (Å²) in [6, 6.07) is 0. The van der Waals surface area contributed by atoms with Gasteiger partial charge in [0.25, 0.3) is 0 Å². The summed E-state index contributed by atoms with van der Waals surface area (Å²) >= 11 is 0. The van der Waals surface area contributed by atoms with Crippen molar-refractivity contribution < 1.29 is 14.6 Å². The monoisotopic (exact) mass is 200 g/mol. The van der Waals surface area contributed by atoms with Gasteiger partial charge in [0.2, 0.25) is 0 Å². The summed E-state index contributed by atoms with van der Waals surface area (Å²) in [5, 5.41) is 9.42. The fourth-order valence-corrected chi connectivity index (χ4v) is 1.75. The first-order valence-electron chi connectivity index (χ1n) is 5.47. The topological polar surface area (TPSA) is 46.5 Å². The predicted molar refractivity (Wildman–Crippen MR) is 53.8 cm³/mol. The van der Waals surface area contributed by atoms with Gasteiger partial charge in [-0.05, 0) is 18.8 Å². The lowest BCUT2D eigenvalue weighted by atomic mass is 10.0. The molecule has 0 radical (unpaired) electrons. The van der Waals surface area contributed by atoms with Gasteiger partial charge >= 0.3 is 5.97 Å². The molecule has 1 fully saturated rings. The highest BCUT2D eigenvalue weighted by Crippen LogP contribution is 2.20. The highest BCUT2D eigenvalue weighted by molar-refractivity contribution is 5.72. The highest BCUT2D eigenvalue weighted by Gasteiger charge is 2.32. The molecule has 82 valence electrons. The first-order valence-corrected chi connectivity index (χ1v) is 5.47. The zero-order valence-corrected chi connectivity index (χ0v) is 9.03. The van der Waals surface area contributed by atoms with Crippen LogP contribution in [0.3, 0.4) is 0 Å². The van der Waals surface area contributed by atoms with E-state index in [1.807, 2.05) is 0 Å². The van der Waals surface area contributed by atoms with E-state index < -0.39 is 6.10 Å². The first-order chi connectivity index (χ1) is 6.59. The molecule has 1 aliphatic heterocycles. The average molecular weight is 200 g/mol. The van der Waals surface area contributed by atoms with Crippen molar-refractivity contribution in [1.29, 1.82) is 0 Å². The molecular weight excluding hydrogens is 180 g/mol. The molecule has 0 aromatic rings. The Labute approximate surface area is 85.5 Å². The third-order valence-corrected chi connectivity index (χ3v) is 2.61. The van der Waals surface area contributed by atoms with Crippen LogP contribution in [0.1, 0.15) is 46.0 Å². The largest absolute Gasteiger partial charge is 0.460 e. The van der Waals surface area contributed by atoms with Crippen LogP contribution >= 0.6 is 0 Å². The fraction of sp³-hybridized carbons (Fsp3) is 0.909. The van der Waals surface area contributed by atoms with E-state index in [9.17, 15) is 9.90 Å². The van der Waals surface area contributed by atoms with Crippen molar-refractivity contribution in [2.75, 3.05) is 0 Å². The molecule has 1 aliphatic rings. The second kappa shape index (κ2) is 5.35. The Bertz CT molecular complexity index is 189. The van der Waals surface area contributed by atoms with Gasteiger partial charge in [0.1, 0.15) is 12.2 Å². The van der Waals surface area contributed by atoms with Crippen molar-refractivity contribution in [3.63, 3.8) is 0 Å². The Morgan fingerprint density at radius 3 is 2.71 bits per heavy atom. The summed E-state index contributed by atoms with van der Waals surface area (Å²) < 4.78 is 4.99. The summed E-state index contributed by atoms with van der Waals surface area (Å²) in [6.07, 6.45) is 3.56. The van der Waals surface area contributed by atoms with E-state index in [1.165, 1.54) is 6.42 Å². The number of carbonyl (C=O) groups excluding carboxylic acids is 1. The molecular formula is C11H20O3. The molecule has 1 N–H and O–H groups in total. The molecule has 0 unspecified atom stereocenters. The van der Waals surface area contributed by atoms with E-state index in [4.69, 9.17) is 4.74 Å². The zero-order valence-electron chi connectivity index (χ0n) is 9.03. The Hall–Kier alpha value is -0.570. The van der Waals surface area contributed by atoms with Gasteiger partial charge in [0.05, 0.1) is 6.42 Å². The number of hydrogen-bond acceptors (Lipinski definition) is 3. The summed E-state index contributed by atoms with van der Waals surface area (Å²) in [5.41, 5.74) is 0. The summed E-state index contributed by atoms with van der Waals surface area (Å²) in [7, 11) is 0. The van der Waals surface area contributed by atoms with Crippen molar-refractivity contribution in [3.05, 3.63) is 0 Å². The van der Waals surface area contributed by atoms with Gasteiger partial charge in [0, 0.05) is 0 Å². The van der Waals surface area contributed by atoms with Gasteiger partial charge in [-0.3, -0.25) is 4.79 Å². The number of carbonyl (C=O) groups is 1. The molecule has 0 aromatic carbocycles. The summed E-state index contributed by atoms with van der Waals surface area (Å²) in [5.74, 6) is 0.470. The van der Waals surface area contributed by atoms with Crippen LogP contribution in [0.15, 0.2) is 0 Å². The molecule has 0 spiro atoms. The van der Waals surface area contributed by atoms with E-state index in [2.05, 4.69) is 13.8 Å². The van der Waals surface area contributed by atoms with Crippen LogP contribution in [0.25, 0.3) is 0 Å². The molecule has 2 atom stereocenters. The van der Waals surface area contributed by atoms with Crippen LogP contribution in [0.5, 0.6) is 0 Å². The minimum absolute atomic E-state index is 0.175. The van der Waals surface area contributed by atoms with Crippen LogP contribution in [-0.2, 0) is 9.53 Å². The maximum atomic E-state index is 10.8. The van der Waals surface area contributed by atoms with Crippen LogP contribution < -0.4 is 0 Å². The summed E-state index contributed by atoms with van der Waals surface area (Å²) in [4.78, 5) is 10.8. The Balaban J connectivity index is 2.09. The van der Waals surface area contributed by atoms with Crippen molar-refractivity contribution in [2.24, 2.45) is 5.92 Å². The molecule has 1 heterocycles. The molecule has 0 aromatic heterocycles. The quantitative estimate of drug-likeness (QED) is 0.544. The van der Waals surface area contributed by atoms with Gasteiger partial charge < -0.3 is 9.84 Å². The molecule has 3 nitrogen and oxygen atoms in total. The number of esters is 1. The van der Waals surface area contributed by atoms with Gasteiger partial charge in [-0.25, -0.2) is 0 Å². The molecule has 1 rings (SSSR count). The lowest BCUT2D eigenvalue weighted by Gasteiger charge is -2.12. The molecule has 0 aliphatic carbocycles. The Kier molecular flexibility index (Phi) is 4.39. The van der Waals surface area contributed by atoms with E-state index in [1.54, 1.807) is 0 Å². The summed E-state index contributed by atoms with van der Waals surface area (Å²) in [6.45, 7) is 4.40. The maximum absolute atomic E-state index is 10.8. The number of rotatable bonds is 5. The number of aliphatic hydroxyl groups excluding tert-OH is 1. The average Bonchev–Trinajstić information content (AvgIpc) is 2.39. The van der Waals surface area contributed by atoms with Gasteiger partial charge in [-0.2, -0.15) is 0 Å². The SMILES string of the molecule is CC(C)CCCC[C@@H]1OC(=O)C[C@@H]1O. The lowest BCUT2D eigenvalue weighted by molar-refractivity contribution is -0.142. The minimum atomic E-state index is -0.568. The zero-order chi connectivity index (χ0) is 10.6. The van der Waals surface area contributed by atoms with Crippen molar-refractivity contribution in [2.45, 2.75) is 58.2 Å². The molecule has 0 amide bonds. The first kappa shape index (κ1) is 11.5. The molecule has 14 heavy (non-hydrogen) atoms. The number of hydrogen-bond donors (Lipinski definition) is 1. The normalized spacial score (nSPS) is 27.0. The minimum Gasteiger partial charge on any atom is -0.460 e. The second-order valence-corrected chi connectivity index (χ2v) is 4.48. The van der Waals surface area contributed by atoms with E-state index >= 15 is 0 Å². The Morgan fingerprint density at radius 1 is 1.50 bits per heavy atom. The van der Waals surface area contributed by atoms with Crippen LogP contribution in [-0.4, -0.2) is 23.3 Å². The number of unbranched alkanes of at least 4 members (excludes halogenated alkanes) is 1. The standard InChI is InChI=1S/C11H20O3/c1-8(2)5-3-4-6-10-9(12)7-11(13)14-10/h8-10,12H,3-7H2,1-2H3/t9-,10-/m0/s1. The number of aliphatic hydroxyl groups is 1. The molecule has 3 heteroatoms. The fourth-order valence-electron chi connectivity index (χ4n) is 1.75. The Morgan fingerprint density at radius 2 is 2.21 bits per heavy atom. The number of ether oxygens (including phenoxy) is 1. The number of cyclic esters (lactones) is 1. The van der Waals surface area contributed by atoms with Crippen LogP contribution in [0.2, 0.25) is 0 Å². The van der Waals surface area contributed by atoms with E-state index in [-0.39, 0.29) is 18.5 Å². The van der Waals surface area contributed by atoms with Crippen LogP contribution in [0, 0.1) is 5.92 Å². The van der Waals surface area contributed by atoms with Gasteiger partial charge in [0.15, 0.2) is 0 Å². The maximum Gasteiger partial charge on any atom is 0.308 e. The van der Waals surface area contributed by atoms with E-state index in [0.29, 0.717) is 0 Å². The van der Waals surface area contributed by atoms with Crippen molar-refractivity contribution in [3.8, 4) is 0 Å².